The number of ether oxygens (including phenoxy) is 2. The average Bonchev–Trinajstić information content (AvgIpc) is 3.61. The molecule has 2 aromatic heterocycles. The number of benzene rings is 1. The Hall–Kier alpha value is -3.50. The molecule has 1 atom stereocenters. The van der Waals surface area contributed by atoms with Crippen LogP contribution in [0.15, 0.2) is 30.5 Å². The summed E-state index contributed by atoms with van der Waals surface area (Å²) in [5.41, 5.74) is -0.586. The average molecular weight is 596 g/mol. The number of hydrogen-bond donors (Lipinski definition) is 0. The number of amides is 1. The van der Waals surface area contributed by atoms with Gasteiger partial charge in [0.15, 0.2) is 17.6 Å². The highest BCUT2D eigenvalue weighted by Crippen LogP contribution is 2.40. The van der Waals surface area contributed by atoms with E-state index in [1.807, 2.05) is 51.6 Å². The number of rotatable bonds is 7. The maximum Gasteiger partial charge on any atom is 0.410 e. The molecule has 3 heterocycles. The first-order chi connectivity index (χ1) is 20.3. The molecule has 234 valence electrons. The van der Waals surface area contributed by atoms with Crippen molar-refractivity contribution in [2.45, 2.75) is 115 Å². The predicted molar refractivity (Wildman–Crippen MR) is 161 cm³/mol. The number of nitrogens with zero attached hydrogens (tertiary/aromatic N) is 7. The lowest BCUT2D eigenvalue weighted by Crippen LogP contribution is -2.45. The topological polar surface area (TPSA) is 100 Å². The van der Waals surface area contributed by atoms with E-state index in [1.165, 1.54) is 5.56 Å². The van der Waals surface area contributed by atoms with Crippen molar-refractivity contribution >= 4 is 6.09 Å². The quantitative estimate of drug-likeness (QED) is 0.297. The van der Waals surface area contributed by atoms with Gasteiger partial charge in [0.2, 0.25) is 0 Å². The second-order valence-corrected chi connectivity index (χ2v) is 13.5. The van der Waals surface area contributed by atoms with Crippen LogP contribution < -0.4 is 4.74 Å². The van der Waals surface area contributed by atoms with Crippen molar-refractivity contribution < 1.29 is 18.7 Å². The summed E-state index contributed by atoms with van der Waals surface area (Å²) in [6.45, 7) is 12.4. The van der Waals surface area contributed by atoms with Crippen LogP contribution in [0.1, 0.15) is 127 Å². The smallest absolute Gasteiger partial charge is 0.410 e. The van der Waals surface area contributed by atoms with Crippen molar-refractivity contribution in [2.75, 3.05) is 13.1 Å². The van der Waals surface area contributed by atoms with Crippen LogP contribution >= 0.6 is 0 Å². The fourth-order valence-corrected chi connectivity index (χ4v) is 6.15. The molecule has 1 aliphatic heterocycles. The first kappa shape index (κ1) is 30.9. The predicted octanol–water partition coefficient (Wildman–Crippen LogP) is 6.76. The number of likely N-dealkylation sites (tertiary alicyclic amines) is 1. The highest BCUT2D eigenvalue weighted by atomic mass is 19.1. The second kappa shape index (κ2) is 12.2. The van der Waals surface area contributed by atoms with Gasteiger partial charge in [-0.05, 0) is 77.0 Å². The molecule has 1 aliphatic carbocycles. The molecule has 0 N–H and O–H groups in total. The summed E-state index contributed by atoms with van der Waals surface area (Å²) in [4.78, 5) is 14.0. The van der Waals surface area contributed by atoms with E-state index in [9.17, 15) is 4.79 Å². The molecule has 1 aromatic carbocycles. The van der Waals surface area contributed by atoms with Crippen LogP contribution in [0.5, 0.6) is 5.75 Å². The summed E-state index contributed by atoms with van der Waals surface area (Å²) in [5, 5.41) is 17.7. The minimum atomic E-state index is -1.60. The van der Waals surface area contributed by atoms with Gasteiger partial charge in [-0.1, -0.05) is 31.2 Å². The van der Waals surface area contributed by atoms with Crippen molar-refractivity contribution in [3.63, 3.8) is 0 Å². The van der Waals surface area contributed by atoms with Gasteiger partial charge in [-0.3, -0.25) is 0 Å². The number of aromatic nitrogens is 6. The molecule has 1 saturated carbocycles. The third kappa shape index (κ3) is 7.02. The van der Waals surface area contributed by atoms with Gasteiger partial charge < -0.3 is 18.9 Å². The molecule has 0 bridgehead atoms. The van der Waals surface area contributed by atoms with E-state index in [0.29, 0.717) is 11.6 Å². The normalized spacial score (nSPS) is 21.6. The van der Waals surface area contributed by atoms with Gasteiger partial charge in [-0.2, -0.15) is 0 Å². The monoisotopic (exact) mass is 595 g/mol. The Bertz CT molecular complexity index is 1400. The molecule has 1 saturated heterocycles. The Morgan fingerprint density at radius 3 is 2.40 bits per heavy atom. The lowest BCUT2D eigenvalue weighted by molar-refractivity contribution is 0.00123. The maximum atomic E-state index is 15.9. The van der Waals surface area contributed by atoms with Crippen molar-refractivity contribution in [1.29, 1.82) is 0 Å². The van der Waals surface area contributed by atoms with E-state index in [4.69, 9.17) is 9.47 Å². The molecule has 11 heteroatoms. The Balaban J connectivity index is 1.16. The molecule has 5 rings (SSSR count). The molecule has 2 aliphatic rings. The van der Waals surface area contributed by atoms with Crippen LogP contribution in [-0.4, -0.2) is 59.4 Å². The Morgan fingerprint density at radius 1 is 1.05 bits per heavy atom. The highest BCUT2D eigenvalue weighted by Gasteiger charge is 2.41. The number of halogens is 1. The number of carbonyl (C=O) groups excluding carboxylic acids is 1. The zero-order valence-electron chi connectivity index (χ0n) is 26.6. The van der Waals surface area contributed by atoms with Crippen molar-refractivity contribution in [1.82, 2.24) is 34.7 Å². The molecule has 43 heavy (non-hydrogen) atoms. The van der Waals surface area contributed by atoms with Gasteiger partial charge in [0.05, 0.1) is 12.2 Å². The van der Waals surface area contributed by atoms with Gasteiger partial charge >= 0.3 is 6.09 Å². The van der Waals surface area contributed by atoms with E-state index >= 15 is 4.39 Å². The lowest BCUT2D eigenvalue weighted by Gasteiger charge is -2.36. The van der Waals surface area contributed by atoms with E-state index < -0.39 is 17.4 Å². The highest BCUT2D eigenvalue weighted by molar-refractivity contribution is 5.68. The largest absolute Gasteiger partial charge is 0.483 e. The van der Waals surface area contributed by atoms with Crippen LogP contribution in [0, 0.1) is 0 Å². The molecule has 1 unspecified atom stereocenters. The number of piperidine rings is 1. The standard InChI is InChI=1S/C32H46FN7O3/c1-21(2)24-9-8-10-26(19-24)42-22(3)28-35-36-29(38(28)7)23-11-13-25(14-12-23)40-20-27(34-37-40)32(33)15-17-39(18-16-32)30(41)43-31(4,5)6/h8-10,19-23,25H,11-18H2,1-7H3/t22?,23-,25-. The van der Waals surface area contributed by atoms with Crippen LogP contribution in [0.3, 0.4) is 0 Å². The summed E-state index contributed by atoms with van der Waals surface area (Å²) in [7, 11) is 2.01. The molecule has 10 nitrogen and oxygen atoms in total. The van der Waals surface area contributed by atoms with E-state index in [0.717, 1.165) is 43.1 Å². The maximum absolute atomic E-state index is 15.9. The minimum Gasteiger partial charge on any atom is -0.483 e. The van der Waals surface area contributed by atoms with Gasteiger partial charge in [-0.15, -0.1) is 15.3 Å². The van der Waals surface area contributed by atoms with Crippen molar-refractivity contribution in [2.24, 2.45) is 7.05 Å². The zero-order chi connectivity index (χ0) is 30.9. The van der Waals surface area contributed by atoms with E-state index in [2.05, 4.69) is 51.1 Å². The lowest BCUT2D eigenvalue weighted by atomic mass is 9.85. The van der Waals surface area contributed by atoms with Crippen LogP contribution in [0.4, 0.5) is 9.18 Å². The van der Waals surface area contributed by atoms with Gasteiger partial charge in [0.25, 0.3) is 0 Å². The zero-order valence-corrected chi connectivity index (χ0v) is 26.6. The first-order valence-corrected chi connectivity index (χ1v) is 15.6. The number of alkyl halides is 1. The first-order valence-electron chi connectivity index (χ1n) is 15.6. The fraction of sp³-hybridized carbons (Fsp3) is 0.656. The Labute approximate surface area is 253 Å². The van der Waals surface area contributed by atoms with Crippen LogP contribution in [0.2, 0.25) is 0 Å². The second-order valence-electron chi connectivity index (χ2n) is 13.5. The minimum absolute atomic E-state index is 0.158. The Morgan fingerprint density at radius 2 is 1.74 bits per heavy atom. The summed E-state index contributed by atoms with van der Waals surface area (Å²) in [5.74, 6) is 3.32. The fourth-order valence-electron chi connectivity index (χ4n) is 6.15. The summed E-state index contributed by atoms with van der Waals surface area (Å²) < 4.78 is 31.5. The SMILES string of the molecule is CC(C)c1cccc(OC(C)c2nnc([C@H]3CC[C@H](n4cc(C5(F)CCN(C(=O)OC(C)(C)C)CC5)nn4)CC3)n2C)c1. The van der Waals surface area contributed by atoms with Crippen molar-refractivity contribution in [3.05, 3.63) is 53.4 Å². The molecule has 0 spiro atoms. The van der Waals surface area contributed by atoms with Gasteiger partial charge in [-0.25, -0.2) is 13.9 Å². The summed E-state index contributed by atoms with van der Waals surface area (Å²) in [6.07, 6.45) is 5.15. The van der Waals surface area contributed by atoms with Gasteiger partial charge in [0, 0.05) is 38.9 Å². The molecule has 2 fully saturated rings. The molecular weight excluding hydrogens is 549 g/mol. The van der Waals surface area contributed by atoms with Crippen LogP contribution in [-0.2, 0) is 17.5 Å². The third-order valence-electron chi connectivity index (χ3n) is 8.76. The molecule has 3 aromatic rings. The summed E-state index contributed by atoms with van der Waals surface area (Å²) >= 11 is 0. The van der Waals surface area contributed by atoms with E-state index in [-0.39, 0.29) is 44.0 Å². The summed E-state index contributed by atoms with van der Waals surface area (Å²) in [6, 6.07) is 8.37. The van der Waals surface area contributed by atoms with Crippen LogP contribution in [0.25, 0.3) is 0 Å². The number of carbonyl (C=O) groups is 1. The molecule has 0 radical (unpaired) electrons. The number of hydrogen-bond acceptors (Lipinski definition) is 7. The van der Waals surface area contributed by atoms with Crippen molar-refractivity contribution in [3.8, 4) is 5.75 Å². The van der Waals surface area contributed by atoms with E-state index in [1.54, 1.807) is 11.1 Å². The Kier molecular flexibility index (Phi) is 8.81. The third-order valence-corrected chi connectivity index (χ3v) is 8.76. The molecular formula is C32H46FN7O3. The molecule has 1 amide bonds. The van der Waals surface area contributed by atoms with Gasteiger partial charge in [0.1, 0.15) is 22.9 Å².